The van der Waals surface area contributed by atoms with Crippen molar-refractivity contribution in [1.82, 2.24) is 19.8 Å². The van der Waals surface area contributed by atoms with Crippen molar-refractivity contribution in [2.45, 2.75) is 26.2 Å². The molecule has 0 radical (unpaired) electrons. The molecule has 0 saturated carbocycles. The summed E-state index contributed by atoms with van der Waals surface area (Å²) in [6.45, 7) is 1.95. The van der Waals surface area contributed by atoms with E-state index < -0.39 is 0 Å². The molecular formula is C10H12N4O2. The van der Waals surface area contributed by atoms with Gasteiger partial charge in [-0.05, 0) is 18.6 Å². The summed E-state index contributed by atoms with van der Waals surface area (Å²) in [5, 5.41) is 10.1. The lowest BCUT2D eigenvalue weighted by Crippen LogP contribution is -2.14. The van der Waals surface area contributed by atoms with Crippen LogP contribution in [0.25, 0.3) is 5.65 Å². The van der Waals surface area contributed by atoms with Gasteiger partial charge in [0.05, 0.1) is 12.1 Å². The predicted octanol–water partition coefficient (Wildman–Crippen LogP) is 0.329. The summed E-state index contributed by atoms with van der Waals surface area (Å²) in [6.07, 6.45) is 1.63. The maximum atomic E-state index is 11.4. The molecule has 0 aliphatic carbocycles. The molecule has 0 aromatic carbocycles. The minimum atomic E-state index is -0.389. The molecule has 1 N–H and O–H groups in total. The van der Waals surface area contributed by atoms with E-state index >= 15 is 0 Å². The molecule has 0 bridgehead atoms. The van der Waals surface area contributed by atoms with Crippen molar-refractivity contribution in [2.24, 2.45) is 0 Å². The number of aromatic nitrogens is 4. The number of hydrogen-bond donors (Lipinski definition) is 1. The van der Waals surface area contributed by atoms with Crippen LogP contribution in [0.3, 0.4) is 0 Å². The maximum absolute atomic E-state index is 11.4. The number of H-pyrrole nitrogens is 1. The molecule has 0 amide bonds. The number of carbonyl (C=O) groups is 1. The molecule has 6 heteroatoms. The normalized spacial score (nSPS) is 10.8. The molecule has 6 nitrogen and oxygen atoms in total. The largest absolute Gasteiger partial charge is 0.364 e. The number of fused-ring (bicyclic) bond motifs is 1. The molecule has 0 fully saturated rings. The smallest absolute Gasteiger partial charge is 0.299 e. The van der Waals surface area contributed by atoms with Crippen LogP contribution in [0.15, 0.2) is 16.9 Å². The number of nitrogens with zero attached hydrogens (tertiary/aromatic N) is 3. The third-order valence-electron chi connectivity index (χ3n) is 2.24. The van der Waals surface area contributed by atoms with E-state index in [1.54, 1.807) is 12.1 Å². The van der Waals surface area contributed by atoms with Crippen molar-refractivity contribution in [3.63, 3.8) is 0 Å². The van der Waals surface area contributed by atoms with E-state index in [1.807, 2.05) is 6.92 Å². The molecule has 0 unspecified atom stereocenters. The third-order valence-corrected chi connectivity index (χ3v) is 2.24. The second kappa shape index (κ2) is 4.26. The zero-order chi connectivity index (χ0) is 11.5. The van der Waals surface area contributed by atoms with Gasteiger partial charge in [-0.15, -0.1) is 0 Å². The summed E-state index contributed by atoms with van der Waals surface area (Å²) < 4.78 is 1.16. The van der Waals surface area contributed by atoms with E-state index in [2.05, 4.69) is 15.3 Å². The highest BCUT2D eigenvalue weighted by atomic mass is 16.2. The van der Waals surface area contributed by atoms with Gasteiger partial charge >= 0.3 is 5.69 Å². The van der Waals surface area contributed by atoms with Crippen LogP contribution < -0.4 is 5.69 Å². The van der Waals surface area contributed by atoms with Gasteiger partial charge in [-0.3, -0.25) is 4.79 Å². The number of carbonyl (C=O) groups excluding carboxylic acids is 1. The number of rotatable bonds is 4. The van der Waals surface area contributed by atoms with E-state index in [1.165, 1.54) is 0 Å². The number of hydrogen-bond acceptors (Lipinski definition) is 4. The Balaban J connectivity index is 2.28. The Kier molecular flexibility index (Phi) is 2.80. The molecular weight excluding hydrogens is 208 g/mol. The van der Waals surface area contributed by atoms with Gasteiger partial charge in [-0.25, -0.2) is 9.89 Å². The van der Waals surface area contributed by atoms with E-state index in [-0.39, 0.29) is 17.9 Å². The van der Waals surface area contributed by atoms with Crippen molar-refractivity contribution in [1.29, 1.82) is 0 Å². The second-order valence-corrected chi connectivity index (χ2v) is 3.59. The minimum absolute atomic E-state index is 0.130. The molecule has 0 spiro atoms. The summed E-state index contributed by atoms with van der Waals surface area (Å²) in [4.78, 5) is 22.7. The monoisotopic (exact) mass is 220 g/mol. The summed E-state index contributed by atoms with van der Waals surface area (Å²) in [5.74, 6) is 0.130. The Hall–Kier alpha value is -1.98. The van der Waals surface area contributed by atoms with Gasteiger partial charge in [-0.1, -0.05) is 6.92 Å². The average molecular weight is 220 g/mol. The second-order valence-electron chi connectivity index (χ2n) is 3.59. The molecule has 2 aromatic rings. The first-order chi connectivity index (χ1) is 7.70. The Bertz CT molecular complexity index is 569. The fourth-order valence-corrected chi connectivity index (χ4v) is 1.50. The van der Waals surface area contributed by atoms with Crippen LogP contribution in [-0.4, -0.2) is 25.6 Å². The van der Waals surface area contributed by atoms with Crippen LogP contribution in [0, 0.1) is 0 Å². The molecule has 0 aliphatic rings. The molecule has 2 rings (SSSR count). The van der Waals surface area contributed by atoms with Gasteiger partial charge in [0.15, 0.2) is 5.65 Å². The van der Waals surface area contributed by atoms with Crippen molar-refractivity contribution < 1.29 is 4.79 Å². The van der Waals surface area contributed by atoms with Gasteiger partial charge < -0.3 is 0 Å². The summed E-state index contributed by atoms with van der Waals surface area (Å²) in [5.41, 5.74) is 0.658. The minimum Gasteiger partial charge on any atom is -0.299 e. The SMILES string of the molecule is CCCC(=O)Cc1ccc2n[nH]c(=O)n2n1. The Morgan fingerprint density at radius 3 is 3.06 bits per heavy atom. The summed E-state index contributed by atoms with van der Waals surface area (Å²) in [7, 11) is 0. The highest BCUT2D eigenvalue weighted by molar-refractivity contribution is 5.80. The fourth-order valence-electron chi connectivity index (χ4n) is 1.50. The van der Waals surface area contributed by atoms with E-state index in [4.69, 9.17) is 0 Å². The molecule has 2 aromatic heterocycles. The van der Waals surface area contributed by atoms with Crippen molar-refractivity contribution in [2.75, 3.05) is 0 Å². The molecule has 0 aliphatic heterocycles. The van der Waals surface area contributed by atoms with Gasteiger partial charge in [0.2, 0.25) is 0 Å². The van der Waals surface area contributed by atoms with Crippen LogP contribution in [0.4, 0.5) is 0 Å². The Morgan fingerprint density at radius 1 is 1.50 bits per heavy atom. The first-order valence-electron chi connectivity index (χ1n) is 5.15. The maximum Gasteiger partial charge on any atom is 0.364 e. The molecule has 0 atom stereocenters. The van der Waals surface area contributed by atoms with Gasteiger partial charge in [-0.2, -0.15) is 14.7 Å². The lowest BCUT2D eigenvalue weighted by molar-refractivity contribution is -0.118. The zero-order valence-corrected chi connectivity index (χ0v) is 8.93. The van der Waals surface area contributed by atoms with Crippen molar-refractivity contribution in [3.05, 3.63) is 28.3 Å². The summed E-state index contributed by atoms with van der Waals surface area (Å²) >= 11 is 0. The van der Waals surface area contributed by atoms with E-state index in [9.17, 15) is 9.59 Å². The van der Waals surface area contributed by atoms with Gasteiger partial charge in [0.1, 0.15) is 5.78 Å². The zero-order valence-electron chi connectivity index (χ0n) is 8.93. The number of aromatic amines is 1. The van der Waals surface area contributed by atoms with Crippen LogP contribution >= 0.6 is 0 Å². The summed E-state index contributed by atoms with van der Waals surface area (Å²) in [6, 6.07) is 3.38. The molecule has 84 valence electrons. The number of Topliss-reactive ketones (excluding diaryl/α,β-unsaturated/α-hetero) is 1. The number of nitrogens with one attached hydrogen (secondary N) is 1. The lowest BCUT2D eigenvalue weighted by atomic mass is 10.1. The highest BCUT2D eigenvalue weighted by Gasteiger charge is 2.06. The molecule has 16 heavy (non-hydrogen) atoms. The van der Waals surface area contributed by atoms with Gasteiger partial charge in [0.25, 0.3) is 0 Å². The van der Waals surface area contributed by atoms with E-state index in [0.717, 1.165) is 10.9 Å². The van der Waals surface area contributed by atoms with E-state index in [0.29, 0.717) is 17.8 Å². The Morgan fingerprint density at radius 2 is 2.31 bits per heavy atom. The third kappa shape index (κ3) is 2.00. The van der Waals surface area contributed by atoms with Crippen LogP contribution in [0.5, 0.6) is 0 Å². The first-order valence-corrected chi connectivity index (χ1v) is 5.15. The van der Waals surface area contributed by atoms with Crippen LogP contribution in [0.1, 0.15) is 25.5 Å². The lowest BCUT2D eigenvalue weighted by Gasteiger charge is -1.98. The quantitative estimate of drug-likeness (QED) is 0.805. The van der Waals surface area contributed by atoms with Crippen LogP contribution in [0.2, 0.25) is 0 Å². The topological polar surface area (TPSA) is 80.1 Å². The molecule has 2 heterocycles. The van der Waals surface area contributed by atoms with Gasteiger partial charge in [0, 0.05) is 6.42 Å². The Labute approximate surface area is 91.3 Å². The predicted molar refractivity (Wildman–Crippen MR) is 57.2 cm³/mol. The molecule has 0 saturated heterocycles. The average Bonchev–Trinajstić information content (AvgIpc) is 2.61. The number of ketones is 1. The first kappa shape index (κ1) is 10.5. The highest BCUT2D eigenvalue weighted by Crippen LogP contribution is 2.01. The van der Waals surface area contributed by atoms with Crippen molar-refractivity contribution >= 4 is 11.4 Å². The standard InChI is InChI=1S/C10H12N4O2/c1-2-3-8(15)6-7-4-5-9-11-12-10(16)14(9)13-7/h4-5H,2-3,6H2,1H3,(H,12,16). The van der Waals surface area contributed by atoms with Crippen LogP contribution in [-0.2, 0) is 11.2 Å². The fraction of sp³-hybridized carbons (Fsp3) is 0.400. The van der Waals surface area contributed by atoms with Crippen molar-refractivity contribution in [3.8, 4) is 0 Å².